The maximum Gasteiger partial charge on any atom is 0.258 e. The van der Waals surface area contributed by atoms with Gasteiger partial charge in [0.2, 0.25) is 4.96 Å². The molecule has 0 aliphatic rings. The largest absolute Gasteiger partial charge is 0.497 e. The summed E-state index contributed by atoms with van der Waals surface area (Å²) in [5, 5.41) is 18.0. The lowest BCUT2D eigenvalue weighted by Crippen LogP contribution is -2.13. The van der Waals surface area contributed by atoms with Crippen molar-refractivity contribution in [1.29, 1.82) is 5.26 Å². The van der Waals surface area contributed by atoms with E-state index < -0.39 is 0 Å². The number of amides is 1. The zero-order chi connectivity index (χ0) is 18.8. The van der Waals surface area contributed by atoms with E-state index in [1.54, 1.807) is 29.8 Å². The minimum Gasteiger partial charge on any atom is -0.497 e. The van der Waals surface area contributed by atoms with E-state index in [4.69, 9.17) is 10.00 Å². The second-order valence-corrected chi connectivity index (χ2v) is 6.47. The molecule has 2 heterocycles. The molecular weight excluding hydrogens is 362 g/mol. The molecule has 0 fully saturated rings. The predicted molar refractivity (Wildman–Crippen MR) is 102 cm³/mol. The Morgan fingerprint density at radius 1 is 1.26 bits per heavy atom. The van der Waals surface area contributed by atoms with Crippen LogP contribution in [0.4, 0.5) is 5.95 Å². The Hall–Kier alpha value is -3.70. The van der Waals surface area contributed by atoms with Crippen molar-refractivity contribution in [3.63, 3.8) is 0 Å². The minimum atomic E-state index is -0.367. The smallest absolute Gasteiger partial charge is 0.258 e. The molecule has 27 heavy (non-hydrogen) atoms. The molecule has 2 aromatic carbocycles. The fraction of sp³-hybridized carbons (Fsp3) is 0.0526. The third-order valence-corrected chi connectivity index (χ3v) is 4.74. The summed E-state index contributed by atoms with van der Waals surface area (Å²) in [5.74, 6) is 0.588. The fourth-order valence-electron chi connectivity index (χ4n) is 2.62. The van der Waals surface area contributed by atoms with Crippen LogP contribution in [0.1, 0.15) is 15.9 Å². The molecule has 0 unspecified atom stereocenters. The Bertz CT molecular complexity index is 1190. The van der Waals surface area contributed by atoms with Gasteiger partial charge in [-0.2, -0.15) is 10.2 Å². The van der Waals surface area contributed by atoms with Crippen LogP contribution < -0.4 is 10.1 Å². The molecule has 1 N–H and O–H groups in total. The fourth-order valence-corrected chi connectivity index (χ4v) is 3.45. The van der Waals surface area contributed by atoms with Crippen LogP contribution in [0.3, 0.4) is 0 Å². The second-order valence-electron chi connectivity index (χ2n) is 5.63. The number of nitrogens with one attached hydrogen (secondary N) is 1. The Morgan fingerprint density at radius 3 is 2.93 bits per heavy atom. The quantitative estimate of drug-likeness (QED) is 0.588. The number of ether oxygens (including phenoxy) is 1. The van der Waals surface area contributed by atoms with Crippen molar-refractivity contribution in [3.05, 3.63) is 65.0 Å². The van der Waals surface area contributed by atoms with Gasteiger partial charge < -0.3 is 4.74 Å². The van der Waals surface area contributed by atoms with E-state index in [9.17, 15) is 4.79 Å². The van der Waals surface area contributed by atoms with Gasteiger partial charge in [-0.15, -0.1) is 16.4 Å². The molecule has 8 heteroatoms. The molecule has 7 nitrogen and oxygen atoms in total. The highest BCUT2D eigenvalue weighted by molar-refractivity contribution is 7.15. The Kier molecular flexibility index (Phi) is 4.28. The average molecular weight is 375 g/mol. The SMILES string of the molecule is COc1cccc(-c2csc3nc(NC(=O)c4cccc(C#N)c4)nn23)c1. The summed E-state index contributed by atoms with van der Waals surface area (Å²) in [6.07, 6.45) is 0. The summed E-state index contributed by atoms with van der Waals surface area (Å²) >= 11 is 1.43. The zero-order valence-electron chi connectivity index (χ0n) is 14.2. The normalized spacial score (nSPS) is 10.5. The first-order valence-corrected chi connectivity index (χ1v) is 8.86. The van der Waals surface area contributed by atoms with Crippen molar-refractivity contribution in [2.45, 2.75) is 0 Å². The lowest BCUT2D eigenvalue weighted by molar-refractivity contribution is 0.102. The highest BCUT2D eigenvalue weighted by atomic mass is 32.1. The molecule has 0 saturated carbocycles. The number of carbonyl (C=O) groups is 1. The van der Waals surface area contributed by atoms with Crippen molar-refractivity contribution in [2.24, 2.45) is 0 Å². The molecular formula is C19H13N5O2S. The molecule has 0 atom stereocenters. The molecule has 0 aliphatic carbocycles. The van der Waals surface area contributed by atoms with E-state index >= 15 is 0 Å². The number of nitrogens with zero attached hydrogens (tertiary/aromatic N) is 4. The van der Waals surface area contributed by atoms with Crippen molar-refractivity contribution < 1.29 is 9.53 Å². The number of aromatic nitrogens is 3. The van der Waals surface area contributed by atoms with Crippen LogP contribution in [-0.2, 0) is 0 Å². The number of fused-ring (bicyclic) bond motifs is 1. The van der Waals surface area contributed by atoms with Gasteiger partial charge in [0.05, 0.1) is 24.4 Å². The van der Waals surface area contributed by atoms with Crippen LogP contribution >= 0.6 is 11.3 Å². The third-order valence-electron chi connectivity index (χ3n) is 3.93. The molecule has 1 amide bonds. The van der Waals surface area contributed by atoms with E-state index in [1.165, 1.54) is 17.4 Å². The molecule has 4 aromatic rings. The molecule has 0 saturated heterocycles. The maximum absolute atomic E-state index is 12.4. The second kappa shape index (κ2) is 6.90. The van der Waals surface area contributed by atoms with Gasteiger partial charge in [0, 0.05) is 16.5 Å². The third kappa shape index (κ3) is 3.23. The van der Waals surface area contributed by atoms with Gasteiger partial charge in [0.25, 0.3) is 11.9 Å². The maximum atomic E-state index is 12.4. The summed E-state index contributed by atoms with van der Waals surface area (Å²) < 4.78 is 6.95. The van der Waals surface area contributed by atoms with Crippen LogP contribution in [0.15, 0.2) is 53.9 Å². The van der Waals surface area contributed by atoms with E-state index in [0.29, 0.717) is 16.1 Å². The first-order chi connectivity index (χ1) is 13.2. The molecule has 132 valence electrons. The highest BCUT2D eigenvalue weighted by Crippen LogP contribution is 2.28. The van der Waals surface area contributed by atoms with Crippen molar-refractivity contribution in [3.8, 4) is 23.1 Å². The molecule has 2 aromatic heterocycles. The van der Waals surface area contributed by atoms with Crippen LogP contribution in [0.2, 0.25) is 0 Å². The topological polar surface area (TPSA) is 92.3 Å². The highest BCUT2D eigenvalue weighted by Gasteiger charge is 2.15. The number of hydrogen-bond donors (Lipinski definition) is 1. The number of anilines is 1. The van der Waals surface area contributed by atoms with E-state index in [1.807, 2.05) is 35.7 Å². The number of thiazole rings is 1. The predicted octanol–water partition coefficient (Wildman–Crippen LogP) is 3.59. The number of hydrogen-bond acceptors (Lipinski definition) is 6. The van der Waals surface area contributed by atoms with Gasteiger partial charge in [0.1, 0.15) is 5.75 Å². The van der Waals surface area contributed by atoms with E-state index in [2.05, 4.69) is 15.4 Å². The standard InChI is InChI=1S/C19H13N5O2S/c1-26-15-7-3-5-13(9-15)16-11-27-19-22-18(23-24(16)19)21-17(25)14-6-2-4-12(8-14)10-20/h2-9,11H,1H3,(H,21,23,25). The van der Waals surface area contributed by atoms with Crippen LogP contribution in [-0.4, -0.2) is 27.6 Å². The molecule has 0 radical (unpaired) electrons. The van der Waals surface area contributed by atoms with Crippen molar-refractivity contribution in [2.75, 3.05) is 12.4 Å². The number of nitriles is 1. The van der Waals surface area contributed by atoms with Gasteiger partial charge in [-0.3, -0.25) is 10.1 Å². The van der Waals surface area contributed by atoms with Gasteiger partial charge >= 0.3 is 0 Å². The molecule has 0 aliphatic heterocycles. The Morgan fingerprint density at radius 2 is 2.11 bits per heavy atom. The van der Waals surface area contributed by atoms with Gasteiger partial charge in [-0.1, -0.05) is 18.2 Å². The monoisotopic (exact) mass is 375 g/mol. The molecule has 0 bridgehead atoms. The van der Waals surface area contributed by atoms with Crippen LogP contribution in [0.25, 0.3) is 16.2 Å². The Labute approximate surface area is 158 Å². The van der Waals surface area contributed by atoms with Gasteiger partial charge in [0.15, 0.2) is 0 Å². The van der Waals surface area contributed by atoms with Crippen molar-refractivity contribution >= 4 is 28.2 Å². The first kappa shape index (κ1) is 16.8. The van der Waals surface area contributed by atoms with Crippen molar-refractivity contribution in [1.82, 2.24) is 14.6 Å². The number of carbonyl (C=O) groups excluding carboxylic acids is 1. The first-order valence-electron chi connectivity index (χ1n) is 7.98. The van der Waals surface area contributed by atoms with Crippen LogP contribution in [0.5, 0.6) is 5.75 Å². The number of benzene rings is 2. The summed E-state index contributed by atoms with van der Waals surface area (Å²) in [4.78, 5) is 17.4. The summed E-state index contributed by atoms with van der Waals surface area (Å²) in [7, 11) is 1.62. The van der Waals surface area contributed by atoms with Crippen LogP contribution in [0, 0.1) is 11.3 Å². The van der Waals surface area contributed by atoms with Gasteiger partial charge in [-0.05, 0) is 30.3 Å². The number of methoxy groups -OCH3 is 1. The minimum absolute atomic E-state index is 0.207. The Balaban J connectivity index is 1.63. The van der Waals surface area contributed by atoms with E-state index in [0.717, 1.165) is 17.0 Å². The average Bonchev–Trinajstić information content (AvgIpc) is 3.28. The summed E-state index contributed by atoms with van der Waals surface area (Å²) in [6, 6.07) is 16.1. The summed E-state index contributed by atoms with van der Waals surface area (Å²) in [6.45, 7) is 0. The lowest BCUT2D eigenvalue weighted by atomic mass is 10.1. The lowest BCUT2D eigenvalue weighted by Gasteiger charge is -2.03. The zero-order valence-corrected chi connectivity index (χ0v) is 15.0. The summed E-state index contributed by atoms with van der Waals surface area (Å²) in [5.41, 5.74) is 2.58. The molecule has 0 spiro atoms. The molecule has 4 rings (SSSR count). The van der Waals surface area contributed by atoms with Gasteiger partial charge in [-0.25, -0.2) is 4.52 Å². The van der Waals surface area contributed by atoms with E-state index in [-0.39, 0.29) is 11.9 Å². The number of rotatable bonds is 4.